The lowest BCUT2D eigenvalue weighted by Gasteiger charge is -2.30. The Morgan fingerprint density at radius 3 is 2.49 bits per heavy atom. The molecule has 0 N–H and O–H groups in total. The van der Waals surface area contributed by atoms with Crippen LogP contribution in [0.2, 0.25) is 5.02 Å². The molecule has 0 unspecified atom stereocenters. The van der Waals surface area contributed by atoms with E-state index in [2.05, 4.69) is 83.3 Å². The van der Waals surface area contributed by atoms with Gasteiger partial charge in [0.05, 0.1) is 10.5 Å². The van der Waals surface area contributed by atoms with Crippen LogP contribution < -0.4 is 4.90 Å². The quantitative estimate of drug-likeness (QED) is 0.267. The van der Waals surface area contributed by atoms with Gasteiger partial charge in [0.15, 0.2) is 0 Å². The second kappa shape index (κ2) is 8.02. The van der Waals surface area contributed by atoms with Crippen LogP contribution in [0.15, 0.2) is 60.8 Å². The van der Waals surface area contributed by atoms with Gasteiger partial charge >= 0.3 is 0 Å². The third kappa shape index (κ3) is 3.73. The Morgan fingerprint density at radius 2 is 1.71 bits per heavy atom. The maximum Gasteiger partial charge on any atom is 0.256 e. The normalized spacial score (nSPS) is 14.0. The molecule has 6 rings (SSSR count). The molecule has 0 aliphatic carbocycles. The fraction of sp³-hybridized carbons (Fsp3) is 0.250. The first-order valence-electron chi connectivity index (χ1n) is 11.8. The van der Waals surface area contributed by atoms with Crippen molar-refractivity contribution in [3.63, 3.8) is 0 Å². The lowest BCUT2D eigenvalue weighted by molar-refractivity contribution is 0.590. The van der Waals surface area contributed by atoms with Gasteiger partial charge in [-0.25, -0.2) is 13.8 Å². The van der Waals surface area contributed by atoms with Gasteiger partial charge in [-0.3, -0.25) is 0 Å². The van der Waals surface area contributed by atoms with E-state index in [-0.39, 0.29) is 10.4 Å². The molecule has 1 aliphatic heterocycles. The SMILES string of the molecule is CC(C)(C)c1ccc(-c2ccc3c(c2)N(c2nnc4ncc5cc(F)c(Cl)cc5n24)CCC3)cc1. The van der Waals surface area contributed by atoms with Gasteiger partial charge in [-0.1, -0.05) is 68.8 Å². The molecule has 0 fully saturated rings. The molecule has 0 radical (unpaired) electrons. The van der Waals surface area contributed by atoms with Crippen molar-refractivity contribution in [2.45, 2.75) is 39.0 Å². The number of hydrogen-bond donors (Lipinski definition) is 0. The van der Waals surface area contributed by atoms with E-state index in [4.69, 9.17) is 11.6 Å². The molecule has 2 aromatic heterocycles. The van der Waals surface area contributed by atoms with Gasteiger partial charge in [-0.15, -0.1) is 10.2 Å². The van der Waals surface area contributed by atoms with Crippen LogP contribution in [0, 0.1) is 5.82 Å². The monoisotopic (exact) mass is 485 g/mol. The van der Waals surface area contributed by atoms with E-state index in [1.807, 2.05) is 4.40 Å². The fourth-order valence-electron chi connectivity index (χ4n) is 4.84. The standard InChI is InChI=1S/C28H25ClFN5/c1-28(2,3)21-10-8-17(9-11-21)19-7-6-18-5-4-12-34(24(18)14-19)27-33-32-26-31-16-20-13-23(30)22(29)15-25(20)35(26)27/h6-11,13-16H,4-5,12H2,1-3H3. The van der Waals surface area contributed by atoms with Gasteiger partial charge in [0.1, 0.15) is 5.82 Å². The third-order valence-electron chi connectivity index (χ3n) is 6.79. The van der Waals surface area contributed by atoms with Crippen LogP contribution in [0.5, 0.6) is 0 Å². The molecule has 1 aliphatic rings. The molecule has 0 amide bonds. The van der Waals surface area contributed by atoms with Gasteiger partial charge in [0, 0.05) is 23.8 Å². The van der Waals surface area contributed by atoms with E-state index in [0.717, 1.165) is 36.2 Å². The van der Waals surface area contributed by atoms with Crippen molar-refractivity contribution in [1.82, 2.24) is 19.6 Å². The summed E-state index contributed by atoms with van der Waals surface area (Å²) in [5.74, 6) is 0.638. The van der Waals surface area contributed by atoms with Crippen LogP contribution in [0.3, 0.4) is 0 Å². The lowest BCUT2D eigenvalue weighted by atomic mass is 9.86. The fourth-order valence-corrected chi connectivity index (χ4v) is 5.00. The van der Waals surface area contributed by atoms with Crippen molar-refractivity contribution in [2.75, 3.05) is 11.4 Å². The van der Waals surface area contributed by atoms with Crippen molar-refractivity contribution >= 4 is 39.9 Å². The average molecular weight is 486 g/mol. The number of aromatic nitrogens is 4. The first-order chi connectivity index (χ1) is 16.8. The van der Waals surface area contributed by atoms with Crippen molar-refractivity contribution in [2.24, 2.45) is 0 Å². The van der Waals surface area contributed by atoms with Crippen LogP contribution in [0.1, 0.15) is 38.3 Å². The molecule has 0 bridgehead atoms. The summed E-state index contributed by atoms with van der Waals surface area (Å²) in [4.78, 5) is 6.58. The van der Waals surface area contributed by atoms with Gasteiger partial charge < -0.3 is 4.90 Å². The van der Waals surface area contributed by atoms with Crippen molar-refractivity contribution in [3.05, 3.63) is 82.8 Å². The highest BCUT2D eigenvalue weighted by Gasteiger charge is 2.24. The zero-order valence-electron chi connectivity index (χ0n) is 19.9. The predicted molar refractivity (Wildman–Crippen MR) is 139 cm³/mol. The van der Waals surface area contributed by atoms with Gasteiger partial charge in [-0.05, 0) is 58.7 Å². The molecule has 0 saturated heterocycles. The highest BCUT2D eigenvalue weighted by molar-refractivity contribution is 6.31. The summed E-state index contributed by atoms with van der Waals surface area (Å²) in [5.41, 5.74) is 6.84. The highest BCUT2D eigenvalue weighted by Crippen LogP contribution is 2.37. The van der Waals surface area contributed by atoms with Crippen LogP contribution in [-0.4, -0.2) is 26.1 Å². The maximum absolute atomic E-state index is 14.1. The topological polar surface area (TPSA) is 46.3 Å². The van der Waals surface area contributed by atoms with Crippen molar-refractivity contribution in [1.29, 1.82) is 0 Å². The number of aryl methyl sites for hydroxylation is 1. The molecule has 35 heavy (non-hydrogen) atoms. The largest absolute Gasteiger partial charge is 0.310 e. The summed E-state index contributed by atoms with van der Waals surface area (Å²) < 4.78 is 16.0. The minimum Gasteiger partial charge on any atom is -0.310 e. The average Bonchev–Trinajstić information content (AvgIpc) is 3.28. The Morgan fingerprint density at radius 1 is 0.943 bits per heavy atom. The van der Waals surface area contributed by atoms with E-state index in [1.165, 1.54) is 22.8 Å². The number of fused-ring (bicyclic) bond motifs is 4. The van der Waals surface area contributed by atoms with E-state index in [9.17, 15) is 4.39 Å². The van der Waals surface area contributed by atoms with Crippen LogP contribution in [0.25, 0.3) is 27.8 Å². The molecule has 0 atom stereocenters. The Kier molecular flexibility index (Phi) is 5.04. The van der Waals surface area contributed by atoms with Crippen LogP contribution >= 0.6 is 11.6 Å². The molecule has 7 heteroatoms. The maximum atomic E-state index is 14.1. The van der Waals surface area contributed by atoms with E-state index in [0.29, 0.717) is 17.1 Å². The highest BCUT2D eigenvalue weighted by atomic mass is 35.5. The summed E-state index contributed by atoms with van der Waals surface area (Å²) in [6, 6.07) is 18.4. The summed E-state index contributed by atoms with van der Waals surface area (Å²) in [7, 11) is 0. The second-order valence-electron chi connectivity index (χ2n) is 10.1. The van der Waals surface area contributed by atoms with E-state index < -0.39 is 5.82 Å². The molecule has 5 nitrogen and oxygen atoms in total. The van der Waals surface area contributed by atoms with Crippen molar-refractivity contribution in [3.8, 4) is 11.1 Å². The summed E-state index contributed by atoms with van der Waals surface area (Å²) in [5, 5.41) is 9.51. The molecule has 3 aromatic carbocycles. The Balaban J connectivity index is 1.48. The third-order valence-corrected chi connectivity index (χ3v) is 7.08. The number of rotatable bonds is 2. The number of nitrogens with zero attached hydrogens (tertiary/aromatic N) is 5. The van der Waals surface area contributed by atoms with Gasteiger partial charge in [-0.2, -0.15) is 0 Å². The first-order valence-corrected chi connectivity index (χ1v) is 12.2. The Bertz CT molecular complexity index is 1580. The number of hydrogen-bond acceptors (Lipinski definition) is 4. The van der Waals surface area contributed by atoms with Crippen LogP contribution in [-0.2, 0) is 11.8 Å². The summed E-state index contributed by atoms with van der Waals surface area (Å²) in [6.45, 7) is 7.47. The van der Waals surface area contributed by atoms with Gasteiger partial charge in [0.2, 0.25) is 5.95 Å². The molecule has 176 valence electrons. The Hall–Kier alpha value is -3.51. The van der Waals surface area contributed by atoms with Gasteiger partial charge in [0.25, 0.3) is 5.78 Å². The summed E-state index contributed by atoms with van der Waals surface area (Å²) in [6.07, 6.45) is 3.60. The molecule has 0 spiro atoms. The zero-order chi connectivity index (χ0) is 24.3. The first kappa shape index (κ1) is 22.0. The van der Waals surface area contributed by atoms with E-state index >= 15 is 0 Å². The zero-order valence-corrected chi connectivity index (χ0v) is 20.6. The Labute approximate surface area is 208 Å². The number of halogens is 2. The van der Waals surface area contributed by atoms with Crippen molar-refractivity contribution < 1.29 is 4.39 Å². The molecule has 3 heterocycles. The molecule has 0 saturated carbocycles. The van der Waals surface area contributed by atoms with Crippen LogP contribution in [0.4, 0.5) is 16.0 Å². The number of anilines is 2. The minimum absolute atomic E-state index is 0.0599. The van der Waals surface area contributed by atoms with E-state index in [1.54, 1.807) is 12.3 Å². The smallest absolute Gasteiger partial charge is 0.256 e. The summed E-state index contributed by atoms with van der Waals surface area (Å²) >= 11 is 6.14. The molecular formula is C28H25ClFN5. The minimum atomic E-state index is -0.472. The predicted octanol–water partition coefficient (Wildman–Crippen LogP) is 7.12. The number of benzene rings is 3. The molecular weight excluding hydrogens is 461 g/mol. The molecule has 5 aromatic rings. The second-order valence-corrected chi connectivity index (χ2v) is 10.6. The lowest BCUT2D eigenvalue weighted by Crippen LogP contribution is -2.26.